The van der Waals surface area contributed by atoms with Gasteiger partial charge in [0, 0.05) is 6.04 Å². The van der Waals surface area contributed by atoms with Crippen LogP contribution in [0.15, 0.2) is 14.1 Å². The Morgan fingerprint density at radius 1 is 1.45 bits per heavy atom. The van der Waals surface area contributed by atoms with Crippen molar-refractivity contribution in [3.8, 4) is 0 Å². The fourth-order valence-electron chi connectivity index (χ4n) is 2.77. The fraction of sp³-hybridized carbons (Fsp3) is 0.692. The first kappa shape index (κ1) is 16.7. The highest BCUT2D eigenvalue weighted by Gasteiger charge is 2.28. The molecule has 7 heteroatoms. The van der Waals surface area contributed by atoms with Gasteiger partial charge in [0.05, 0.1) is 8.81 Å². The van der Waals surface area contributed by atoms with Crippen molar-refractivity contribution in [3.63, 3.8) is 0 Å². The van der Waals surface area contributed by atoms with E-state index in [4.69, 9.17) is 11.6 Å². The van der Waals surface area contributed by atoms with E-state index in [9.17, 15) is 8.42 Å². The van der Waals surface area contributed by atoms with Crippen molar-refractivity contribution in [2.45, 2.75) is 55.7 Å². The maximum Gasteiger partial charge on any atom is 0.250 e. The van der Waals surface area contributed by atoms with E-state index >= 15 is 0 Å². The number of rotatable bonds is 5. The van der Waals surface area contributed by atoms with Crippen LogP contribution < -0.4 is 4.72 Å². The van der Waals surface area contributed by atoms with Gasteiger partial charge in [0.2, 0.25) is 10.0 Å². The summed E-state index contributed by atoms with van der Waals surface area (Å²) in [5.74, 6) is 0.461. The molecule has 1 aromatic heterocycles. The summed E-state index contributed by atoms with van der Waals surface area (Å²) in [6, 6.07) is 1.53. The summed E-state index contributed by atoms with van der Waals surface area (Å²) in [5, 5.41) is 0.445. The predicted molar refractivity (Wildman–Crippen MR) is 88.0 cm³/mol. The van der Waals surface area contributed by atoms with Crippen molar-refractivity contribution < 1.29 is 8.42 Å². The summed E-state index contributed by atoms with van der Waals surface area (Å²) in [6.07, 6.45) is 6.75. The van der Waals surface area contributed by atoms with Crippen molar-refractivity contribution in [2.24, 2.45) is 5.92 Å². The molecule has 0 bridgehead atoms. The van der Waals surface area contributed by atoms with Gasteiger partial charge in [-0.1, -0.05) is 37.8 Å². The topological polar surface area (TPSA) is 46.2 Å². The Kier molecular flexibility index (Phi) is 5.94. The van der Waals surface area contributed by atoms with Crippen LogP contribution in [0.2, 0.25) is 5.02 Å². The lowest BCUT2D eigenvalue weighted by atomic mass is 9.83. The molecular formula is C13H19BrClNO2S2. The number of hydrogen-bond donors (Lipinski definition) is 1. The molecule has 1 atom stereocenters. The molecule has 1 unspecified atom stereocenters. The molecule has 1 aliphatic carbocycles. The maximum atomic E-state index is 12.4. The summed E-state index contributed by atoms with van der Waals surface area (Å²) in [4.78, 5) is 0. The number of nitrogens with one attached hydrogen (secondary N) is 1. The first-order chi connectivity index (χ1) is 9.44. The van der Waals surface area contributed by atoms with Gasteiger partial charge in [0.1, 0.15) is 4.21 Å². The molecule has 0 spiro atoms. The van der Waals surface area contributed by atoms with E-state index in [2.05, 4.69) is 20.7 Å². The van der Waals surface area contributed by atoms with Crippen LogP contribution in [0.3, 0.4) is 0 Å². The summed E-state index contributed by atoms with van der Waals surface area (Å²) in [5.41, 5.74) is 0. The largest absolute Gasteiger partial charge is 0.250 e. The van der Waals surface area contributed by atoms with Crippen LogP contribution in [-0.4, -0.2) is 14.5 Å². The van der Waals surface area contributed by atoms with Crippen LogP contribution in [0.4, 0.5) is 0 Å². The molecule has 2 rings (SSSR count). The van der Waals surface area contributed by atoms with E-state index in [1.807, 2.05) is 6.92 Å². The van der Waals surface area contributed by atoms with Crippen LogP contribution >= 0.6 is 38.9 Å². The molecule has 1 fully saturated rings. The van der Waals surface area contributed by atoms with Crippen LogP contribution in [0, 0.1) is 5.92 Å². The standard InChI is InChI=1S/C13H19BrClNO2S2/c1-2-11(9-6-4-3-5-7-9)16-20(17,18)12-8-10(15)13(14)19-12/h8-9,11,16H,2-7H2,1H3. The summed E-state index contributed by atoms with van der Waals surface area (Å²) < 4.78 is 28.7. The Balaban J connectivity index is 2.12. The van der Waals surface area contributed by atoms with E-state index in [0.717, 1.165) is 30.6 Å². The smallest absolute Gasteiger partial charge is 0.207 e. The lowest BCUT2D eigenvalue weighted by molar-refractivity contribution is 0.285. The Morgan fingerprint density at radius 2 is 2.10 bits per heavy atom. The zero-order valence-corrected chi connectivity index (χ0v) is 15.3. The average Bonchev–Trinajstić information content (AvgIpc) is 2.78. The van der Waals surface area contributed by atoms with Gasteiger partial charge in [0.15, 0.2) is 0 Å². The second-order valence-electron chi connectivity index (χ2n) is 5.22. The Bertz CT molecular complexity index is 533. The average molecular weight is 401 g/mol. The Hall–Kier alpha value is 0.380. The number of thiophene rings is 1. The van der Waals surface area contributed by atoms with Gasteiger partial charge in [-0.05, 0) is 47.2 Å². The van der Waals surface area contributed by atoms with Gasteiger partial charge < -0.3 is 0 Å². The molecule has 0 aromatic carbocycles. The second-order valence-corrected chi connectivity index (χ2v) is 9.94. The van der Waals surface area contributed by atoms with Gasteiger partial charge in [-0.3, -0.25) is 0 Å². The van der Waals surface area contributed by atoms with Gasteiger partial charge >= 0.3 is 0 Å². The summed E-state index contributed by atoms with van der Waals surface area (Å²) in [7, 11) is -3.47. The highest BCUT2D eigenvalue weighted by atomic mass is 79.9. The Labute approximate surface area is 138 Å². The maximum absolute atomic E-state index is 12.4. The Morgan fingerprint density at radius 3 is 2.60 bits per heavy atom. The highest BCUT2D eigenvalue weighted by molar-refractivity contribution is 9.11. The SMILES string of the molecule is CCC(NS(=O)(=O)c1cc(Cl)c(Br)s1)C1CCCCC1. The molecule has 114 valence electrons. The van der Waals surface area contributed by atoms with Gasteiger partial charge in [0.25, 0.3) is 0 Å². The van der Waals surface area contributed by atoms with E-state index in [1.165, 1.54) is 25.3 Å². The molecule has 1 N–H and O–H groups in total. The predicted octanol–water partition coefficient (Wildman–Crippen LogP) is 4.80. The molecule has 1 saturated carbocycles. The molecule has 20 heavy (non-hydrogen) atoms. The van der Waals surface area contributed by atoms with Crippen LogP contribution in [0.5, 0.6) is 0 Å². The highest BCUT2D eigenvalue weighted by Crippen LogP contribution is 2.35. The minimum Gasteiger partial charge on any atom is -0.207 e. The summed E-state index contributed by atoms with van der Waals surface area (Å²) in [6.45, 7) is 2.04. The zero-order valence-electron chi connectivity index (χ0n) is 11.4. The molecule has 1 aliphatic rings. The quantitative estimate of drug-likeness (QED) is 0.771. The van der Waals surface area contributed by atoms with Gasteiger partial charge in [-0.25, -0.2) is 13.1 Å². The van der Waals surface area contributed by atoms with Gasteiger partial charge in [-0.15, -0.1) is 11.3 Å². The zero-order chi connectivity index (χ0) is 14.8. The van der Waals surface area contributed by atoms with Crippen LogP contribution in [0.25, 0.3) is 0 Å². The normalized spacial score (nSPS) is 19.1. The van der Waals surface area contributed by atoms with Crippen molar-refractivity contribution >= 4 is 48.9 Å². The first-order valence-corrected chi connectivity index (χ1v) is 10.4. The van der Waals surface area contributed by atoms with E-state index in [-0.39, 0.29) is 10.3 Å². The second kappa shape index (κ2) is 7.09. The lowest BCUT2D eigenvalue weighted by Gasteiger charge is -2.29. The number of sulfonamides is 1. The molecule has 0 radical (unpaired) electrons. The molecule has 0 aliphatic heterocycles. The van der Waals surface area contributed by atoms with E-state index in [1.54, 1.807) is 0 Å². The van der Waals surface area contributed by atoms with Gasteiger partial charge in [-0.2, -0.15) is 0 Å². The van der Waals surface area contributed by atoms with Crippen molar-refractivity contribution in [2.75, 3.05) is 0 Å². The molecule has 1 aromatic rings. The van der Waals surface area contributed by atoms with Crippen LogP contribution in [0.1, 0.15) is 45.4 Å². The van der Waals surface area contributed by atoms with E-state index in [0.29, 0.717) is 14.7 Å². The third-order valence-corrected chi connectivity index (χ3v) is 8.29. The van der Waals surface area contributed by atoms with Crippen molar-refractivity contribution in [1.29, 1.82) is 0 Å². The van der Waals surface area contributed by atoms with Crippen molar-refractivity contribution in [1.82, 2.24) is 4.72 Å². The third kappa shape index (κ3) is 3.97. The third-order valence-electron chi connectivity index (χ3n) is 3.85. The molecular weight excluding hydrogens is 382 g/mol. The van der Waals surface area contributed by atoms with Crippen molar-refractivity contribution in [3.05, 3.63) is 14.9 Å². The number of hydrogen-bond acceptors (Lipinski definition) is 3. The lowest BCUT2D eigenvalue weighted by Crippen LogP contribution is -2.40. The number of halogens is 2. The monoisotopic (exact) mass is 399 g/mol. The van der Waals surface area contributed by atoms with Crippen LogP contribution in [-0.2, 0) is 10.0 Å². The molecule has 1 heterocycles. The molecule has 0 saturated heterocycles. The van der Waals surface area contributed by atoms with E-state index < -0.39 is 10.0 Å². The first-order valence-electron chi connectivity index (χ1n) is 6.91. The molecule has 3 nitrogen and oxygen atoms in total. The minimum absolute atomic E-state index is 0.0277. The fourth-order valence-corrected chi connectivity index (χ4v) is 6.57. The molecule has 0 amide bonds. The summed E-state index contributed by atoms with van der Waals surface area (Å²) >= 11 is 10.3. The minimum atomic E-state index is -3.47.